The fourth-order valence-corrected chi connectivity index (χ4v) is 1.18. The number of benzene rings is 1. The van der Waals surface area contributed by atoms with Gasteiger partial charge >= 0.3 is 12.1 Å². The van der Waals surface area contributed by atoms with Gasteiger partial charge in [-0.2, -0.15) is 0 Å². The second-order valence-electron chi connectivity index (χ2n) is 3.14. The molecular weight excluding hydrogens is 210 g/mol. The van der Waals surface area contributed by atoms with Crippen LogP contribution in [0.25, 0.3) is 0 Å². The lowest BCUT2D eigenvalue weighted by Crippen LogP contribution is -2.26. The molecule has 2 N–H and O–H groups in total. The lowest BCUT2D eigenvalue weighted by Gasteiger charge is -2.05. The largest absolute Gasteiger partial charge is 0.481 e. The van der Waals surface area contributed by atoms with E-state index in [1.54, 1.807) is 25.1 Å². The molecule has 5 heteroatoms. The van der Waals surface area contributed by atoms with Crippen LogP contribution in [-0.2, 0) is 11.2 Å². The van der Waals surface area contributed by atoms with Crippen LogP contribution in [0.5, 0.6) is 5.75 Å². The summed E-state index contributed by atoms with van der Waals surface area (Å²) in [6.07, 6.45) is -0.637. The average Bonchev–Trinajstić information content (AvgIpc) is 2.17. The zero-order valence-electron chi connectivity index (χ0n) is 8.90. The molecule has 0 atom stereocenters. The standard InChI is InChI=1S/C11H13NO4/c1-2-12-11(15)16-9-5-3-4-8(6-9)7-10(13)14/h3-6H,2,7H2,1H3,(H,12,15)(H,13,14). The monoisotopic (exact) mass is 223 g/mol. The highest BCUT2D eigenvalue weighted by Crippen LogP contribution is 2.13. The molecule has 0 saturated carbocycles. The van der Waals surface area contributed by atoms with Crippen molar-refractivity contribution >= 4 is 12.1 Å². The molecule has 0 aromatic heterocycles. The van der Waals surface area contributed by atoms with Crippen LogP contribution in [0.1, 0.15) is 12.5 Å². The maximum Gasteiger partial charge on any atom is 0.412 e. The zero-order chi connectivity index (χ0) is 12.0. The highest BCUT2D eigenvalue weighted by atomic mass is 16.6. The van der Waals surface area contributed by atoms with Crippen LogP contribution < -0.4 is 10.1 Å². The zero-order valence-corrected chi connectivity index (χ0v) is 8.90. The summed E-state index contributed by atoms with van der Waals surface area (Å²) in [6.45, 7) is 2.26. The number of carbonyl (C=O) groups is 2. The van der Waals surface area contributed by atoms with E-state index in [4.69, 9.17) is 9.84 Å². The molecule has 0 aliphatic carbocycles. The van der Waals surface area contributed by atoms with Crippen LogP contribution in [0.2, 0.25) is 0 Å². The Bertz CT molecular complexity index is 389. The van der Waals surface area contributed by atoms with Crippen molar-refractivity contribution in [3.05, 3.63) is 29.8 Å². The molecule has 0 bridgehead atoms. The van der Waals surface area contributed by atoms with Gasteiger partial charge in [0.1, 0.15) is 5.75 Å². The van der Waals surface area contributed by atoms with Crippen molar-refractivity contribution in [2.75, 3.05) is 6.54 Å². The first-order chi connectivity index (χ1) is 7.61. The molecule has 1 aromatic rings. The molecule has 1 rings (SSSR count). The molecule has 0 saturated heterocycles. The van der Waals surface area contributed by atoms with E-state index in [1.807, 2.05) is 0 Å². The molecule has 0 aliphatic heterocycles. The lowest BCUT2D eigenvalue weighted by molar-refractivity contribution is -0.136. The number of ether oxygens (including phenoxy) is 1. The molecule has 1 aromatic carbocycles. The number of amides is 1. The molecule has 5 nitrogen and oxygen atoms in total. The van der Waals surface area contributed by atoms with Crippen molar-refractivity contribution in [2.45, 2.75) is 13.3 Å². The minimum Gasteiger partial charge on any atom is -0.481 e. The SMILES string of the molecule is CCNC(=O)Oc1cccc(CC(=O)O)c1. The maximum absolute atomic E-state index is 11.1. The van der Waals surface area contributed by atoms with Gasteiger partial charge in [-0.3, -0.25) is 4.79 Å². The Kier molecular flexibility index (Phi) is 4.32. The number of aliphatic carboxylic acids is 1. The van der Waals surface area contributed by atoms with Gasteiger partial charge in [-0.1, -0.05) is 12.1 Å². The van der Waals surface area contributed by atoms with Gasteiger partial charge in [-0.15, -0.1) is 0 Å². The molecule has 0 fully saturated rings. The van der Waals surface area contributed by atoms with E-state index < -0.39 is 12.1 Å². The second kappa shape index (κ2) is 5.75. The van der Waals surface area contributed by atoms with Crippen molar-refractivity contribution < 1.29 is 19.4 Å². The first kappa shape index (κ1) is 12.0. The Labute approximate surface area is 93.0 Å². The van der Waals surface area contributed by atoms with Crippen LogP contribution in [0.15, 0.2) is 24.3 Å². The average molecular weight is 223 g/mol. The highest BCUT2D eigenvalue weighted by Gasteiger charge is 2.05. The predicted octanol–water partition coefficient (Wildman–Crippen LogP) is 1.42. The summed E-state index contributed by atoms with van der Waals surface area (Å²) in [5, 5.41) is 11.1. The van der Waals surface area contributed by atoms with Crippen molar-refractivity contribution in [1.82, 2.24) is 5.32 Å². The summed E-state index contributed by atoms with van der Waals surface area (Å²) in [6, 6.07) is 6.44. The van der Waals surface area contributed by atoms with E-state index in [-0.39, 0.29) is 6.42 Å². The van der Waals surface area contributed by atoms with E-state index in [0.29, 0.717) is 17.9 Å². The minimum absolute atomic E-state index is 0.0907. The normalized spacial score (nSPS) is 9.56. The molecule has 0 aliphatic rings. The Balaban J connectivity index is 2.67. The molecule has 0 spiro atoms. The first-order valence-corrected chi connectivity index (χ1v) is 4.88. The van der Waals surface area contributed by atoms with Crippen molar-refractivity contribution in [1.29, 1.82) is 0 Å². The van der Waals surface area contributed by atoms with Crippen LogP contribution >= 0.6 is 0 Å². The van der Waals surface area contributed by atoms with Gasteiger partial charge in [0.15, 0.2) is 0 Å². The molecular formula is C11H13NO4. The van der Waals surface area contributed by atoms with Gasteiger partial charge in [0, 0.05) is 6.54 Å². The van der Waals surface area contributed by atoms with E-state index in [0.717, 1.165) is 0 Å². The van der Waals surface area contributed by atoms with Crippen molar-refractivity contribution in [3.63, 3.8) is 0 Å². The molecule has 0 radical (unpaired) electrons. The number of nitrogens with one attached hydrogen (secondary N) is 1. The topological polar surface area (TPSA) is 75.6 Å². The Morgan fingerprint density at radius 1 is 1.44 bits per heavy atom. The predicted molar refractivity (Wildman–Crippen MR) is 57.5 cm³/mol. The van der Waals surface area contributed by atoms with Crippen LogP contribution in [-0.4, -0.2) is 23.7 Å². The second-order valence-corrected chi connectivity index (χ2v) is 3.14. The quantitative estimate of drug-likeness (QED) is 0.809. The van der Waals surface area contributed by atoms with Gasteiger partial charge in [0.05, 0.1) is 6.42 Å². The maximum atomic E-state index is 11.1. The number of hydrogen-bond acceptors (Lipinski definition) is 3. The minimum atomic E-state index is -0.921. The molecule has 0 heterocycles. The van der Waals surface area contributed by atoms with Gasteiger partial charge < -0.3 is 15.2 Å². The van der Waals surface area contributed by atoms with E-state index in [1.165, 1.54) is 6.07 Å². The molecule has 1 amide bonds. The molecule has 16 heavy (non-hydrogen) atoms. The molecule has 86 valence electrons. The third-order valence-electron chi connectivity index (χ3n) is 1.79. The van der Waals surface area contributed by atoms with Crippen LogP contribution in [0, 0.1) is 0 Å². The summed E-state index contributed by atoms with van der Waals surface area (Å²) in [4.78, 5) is 21.6. The van der Waals surface area contributed by atoms with E-state index in [9.17, 15) is 9.59 Å². The van der Waals surface area contributed by atoms with Gasteiger partial charge in [-0.05, 0) is 24.6 Å². The smallest absolute Gasteiger partial charge is 0.412 e. The summed E-state index contributed by atoms with van der Waals surface area (Å²) < 4.78 is 4.93. The number of hydrogen-bond donors (Lipinski definition) is 2. The fourth-order valence-electron chi connectivity index (χ4n) is 1.18. The molecule has 0 unspecified atom stereocenters. The summed E-state index contributed by atoms with van der Waals surface area (Å²) in [5.41, 5.74) is 0.592. The Morgan fingerprint density at radius 3 is 2.81 bits per heavy atom. The van der Waals surface area contributed by atoms with Crippen LogP contribution in [0.3, 0.4) is 0 Å². The van der Waals surface area contributed by atoms with E-state index in [2.05, 4.69) is 5.32 Å². The van der Waals surface area contributed by atoms with Gasteiger partial charge in [0.25, 0.3) is 0 Å². The number of carbonyl (C=O) groups excluding carboxylic acids is 1. The van der Waals surface area contributed by atoms with E-state index >= 15 is 0 Å². The van der Waals surface area contributed by atoms with Gasteiger partial charge in [0.2, 0.25) is 0 Å². The first-order valence-electron chi connectivity index (χ1n) is 4.88. The summed E-state index contributed by atoms with van der Waals surface area (Å²) >= 11 is 0. The lowest BCUT2D eigenvalue weighted by atomic mass is 10.1. The number of carboxylic acids is 1. The van der Waals surface area contributed by atoms with Gasteiger partial charge in [-0.25, -0.2) is 4.79 Å². The summed E-state index contributed by atoms with van der Waals surface area (Å²) in [5.74, 6) is -0.583. The van der Waals surface area contributed by atoms with Crippen LogP contribution in [0.4, 0.5) is 4.79 Å². The van der Waals surface area contributed by atoms with Crippen molar-refractivity contribution in [2.24, 2.45) is 0 Å². The fraction of sp³-hybridized carbons (Fsp3) is 0.273. The van der Waals surface area contributed by atoms with Crippen molar-refractivity contribution in [3.8, 4) is 5.75 Å². The highest BCUT2D eigenvalue weighted by molar-refractivity contribution is 5.72. The number of rotatable bonds is 4. The summed E-state index contributed by atoms with van der Waals surface area (Å²) in [7, 11) is 0. The third kappa shape index (κ3) is 4.00. The third-order valence-corrected chi connectivity index (χ3v) is 1.79. The Morgan fingerprint density at radius 2 is 2.19 bits per heavy atom. The Hall–Kier alpha value is -2.04. The number of carboxylic acid groups (broad SMARTS) is 1.